The number of hydrogen-bond donors (Lipinski definition) is 1. The van der Waals surface area contributed by atoms with E-state index < -0.39 is 0 Å². The van der Waals surface area contributed by atoms with Crippen LogP contribution in [0.5, 0.6) is 0 Å². The first-order chi connectivity index (χ1) is 8.65. The molecule has 0 saturated carbocycles. The van der Waals surface area contributed by atoms with E-state index in [1.54, 1.807) is 0 Å². The Morgan fingerprint density at radius 1 is 1.28 bits per heavy atom. The number of nitrogens with zero attached hydrogens (tertiary/aromatic N) is 1. The summed E-state index contributed by atoms with van der Waals surface area (Å²) in [5, 5.41) is 3.61. The Morgan fingerprint density at radius 3 is 2.83 bits per heavy atom. The molecule has 2 heteroatoms. The minimum atomic E-state index is 0.829. The van der Waals surface area contributed by atoms with Gasteiger partial charge >= 0.3 is 0 Å². The van der Waals surface area contributed by atoms with Gasteiger partial charge in [0.05, 0.1) is 0 Å². The fraction of sp³-hybridized carbons (Fsp3) is 0.625. The summed E-state index contributed by atoms with van der Waals surface area (Å²) in [6, 6.07) is 6.76. The number of rotatable bonds is 4. The molecule has 0 radical (unpaired) electrons. The largest absolute Gasteiger partial charge is 0.312 e. The third-order valence-corrected chi connectivity index (χ3v) is 4.06. The molecule has 1 aromatic rings. The van der Waals surface area contributed by atoms with Gasteiger partial charge in [0.15, 0.2) is 0 Å². The van der Waals surface area contributed by atoms with Crippen LogP contribution in [0.15, 0.2) is 18.2 Å². The molecule has 1 saturated heterocycles. The molecule has 0 aromatic heterocycles. The van der Waals surface area contributed by atoms with Crippen molar-refractivity contribution in [2.45, 2.75) is 33.2 Å². The van der Waals surface area contributed by atoms with E-state index in [1.807, 2.05) is 0 Å². The highest BCUT2D eigenvalue weighted by Gasteiger charge is 2.16. The Kier molecular flexibility index (Phi) is 4.79. The van der Waals surface area contributed by atoms with Crippen LogP contribution < -0.4 is 5.32 Å². The van der Waals surface area contributed by atoms with Crippen LogP contribution in [-0.4, -0.2) is 31.6 Å². The van der Waals surface area contributed by atoms with Gasteiger partial charge in [-0.1, -0.05) is 18.2 Å². The maximum absolute atomic E-state index is 3.61. The highest BCUT2D eigenvalue weighted by molar-refractivity contribution is 5.29. The first-order valence-electron chi connectivity index (χ1n) is 7.10. The zero-order valence-corrected chi connectivity index (χ0v) is 12.0. The van der Waals surface area contributed by atoms with Crippen LogP contribution in [0.2, 0.25) is 0 Å². The van der Waals surface area contributed by atoms with Gasteiger partial charge in [-0.05, 0) is 69.4 Å². The van der Waals surface area contributed by atoms with E-state index in [9.17, 15) is 0 Å². The van der Waals surface area contributed by atoms with Gasteiger partial charge in [0.1, 0.15) is 0 Å². The minimum Gasteiger partial charge on any atom is -0.312 e. The summed E-state index contributed by atoms with van der Waals surface area (Å²) in [6.45, 7) is 9.03. The second-order valence-corrected chi connectivity index (χ2v) is 5.82. The molecule has 2 nitrogen and oxygen atoms in total. The maximum atomic E-state index is 3.61. The Bertz CT molecular complexity index is 387. The molecule has 1 heterocycles. The predicted octanol–water partition coefficient (Wildman–Crippen LogP) is 2.73. The highest BCUT2D eigenvalue weighted by atomic mass is 15.1. The standard InChI is InChI=1S/C16H26N2/c1-13-6-7-15(9-14(13)2)10-17-11-16-5-4-8-18(3)12-16/h6-7,9,16-17H,4-5,8,10-12H2,1-3H3. The lowest BCUT2D eigenvalue weighted by Gasteiger charge is -2.29. The Hall–Kier alpha value is -0.860. The quantitative estimate of drug-likeness (QED) is 0.879. The van der Waals surface area contributed by atoms with Gasteiger partial charge in [-0.25, -0.2) is 0 Å². The van der Waals surface area contributed by atoms with Crippen LogP contribution in [0.25, 0.3) is 0 Å². The van der Waals surface area contributed by atoms with Crippen LogP contribution in [-0.2, 0) is 6.54 Å². The van der Waals surface area contributed by atoms with Gasteiger partial charge < -0.3 is 10.2 Å². The van der Waals surface area contributed by atoms with Gasteiger partial charge in [0.25, 0.3) is 0 Å². The van der Waals surface area contributed by atoms with E-state index in [2.05, 4.69) is 49.3 Å². The van der Waals surface area contributed by atoms with Crippen molar-refractivity contribution in [1.29, 1.82) is 0 Å². The summed E-state index contributed by atoms with van der Waals surface area (Å²) in [5.74, 6) is 0.829. The average Bonchev–Trinajstić information content (AvgIpc) is 2.34. The average molecular weight is 246 g/mol. The van der Waals surface area contributed by atoms with E-state index in [-0.39, 0.29) is 0 Å². The summed E-state index contributed by atoms with van der Waals surface area (Å²) >= 11 is 0. The van der Waals surface area contributed by atoms with E-state index in [0.717, 1.165) is 19.0 Å². The molecule has 100 valence electrons. The third-order valence-electron chi connectivity index (χ3n) is 4.06. The number of aryl methyl sites for hydroxylation is 2. The van der Waals surface area contributed by atoms with Crippen LogP contribution in [0.1, 0.15) is 29.5 Å². The minimum absolute atomic E-state index is 0.829. The fourth-order valence-electron chi connectivity index (χ4n) is 2.77. The molecule has 1 aliphatic rings. The zero-order valence-electron chi connectivity index (χ0n) is 12.0. The van der Waals surface area contributed by atoms with Crippen molar-refractivity contribution in [1.82, 2.24) is 10.2 Å². The lowest BCUT2D eigenvalue weighted by Crippen LogP contribution is -2.37. The molecule has 18 heavy (non-hydrogen) atoms. The molecule has 1 aliphatic heterocycles. The van der Waals surface area contributed by atoms with Gasteiger partial charge in [-0.3, -0.25) is 0 Å². The van der Waals surface area contributed by atoms with Crippen molar-refractivity contribution in [2.24, 2.45) is 5.92 Å². The molecule has 0 aliphatic carbocycles. The van der Waals surface area contributed by atoms with Crippen molar-refractivity contribution in [3.8, 4) is 0 Å². The predicted molar refractivity (Wildman–Crippen MR) is 77.8 cm³/mol. The van der Waals surface area contributed by atoms with Gasteiger partial charge in [0.2, 0.25) is 0 Å². The number of piperidine rings is 1. The second kappa shape index (κ2) is 6.35. The maximum Gasteiger partial charge on any atom is 0.0205 e. The monoisotopic (exact) mass is 246 g/mol. The summed E-state index contributed by atoms with van der Waals surface area (Å²) in [7, 11) is 2.23. The molecule has 0 bridgehead atoms. The molecule has 1 N–H and O–H groups in total. The smallest absolute Gasteiger partial charge is 0.0205 e. The second-order valence-electron chi connectivity index (χ2n) is 5.82. The molecule has 1 unspecified atom stereocenters. The molecule has 1 aromatic carbocycles. The Labute approximate surface area is 111 Å². The molecule has 1 atom stereocenters. The first kappa shape index (κ1) is 13.6. The SMILES string of the molecule is Cc1ccc(CNCC2CCCN(C)C2)cc1C. The lowest BCUT2D eigenvalue weighted by molar-refractivity contribution is 0.206. The Balaban J connectivity index is 1.76. The zero-order chi connectivity index (χ0) is 13.0. The summed E-state index contributed by atoms with van der Waals surface area (Å²) in [5.41, 5.74) is 4.18. The van der Waals surface area contributed by atoms with Gasteiger partial charge in [-0.2, -0.15) is 0 Å². The van der Waals surface area contributed by atoms with Crippen molar-refractivity contribution in [3.05, 3.63) is 34.9 Å². The summed E-state index contributed by atoms with van der Waals surface area (Å²) in [4.78, 5) is 2.45. The Morgan fingerprint density at radius 2 is 2.11 bits per heavy atom. The van der Waals surface area contributed by atoms with Crippen molar-refractivity contribution in [3.63, 3.8) is 0 Å². The molecular formula is C16H26N2. The number of likely N-dealkylation sites (tertiary alicyclic amines) is 1. The molecule has 1 fully saturated rings. The summed E-state index contributed by atoms with van der Waals surface area (Å²) < 4.78 is 0. The van der Waals surface area contributed by atoms with Crippen molar-refractivity contribution in [2.75, 3.05) is 26.7 Å². The molecule has 2 rings (SSSR count). The number of nitrogens with one attached hydrogen (secondary N) is 1. The van der Waals surface area contributed by atoms with Crippen molar-refractivity contribution < 1.29 is 0 Å². The summed E-state index contributed by atoms with van der Waals surface area (Å²) in [6.07, 6.45) is 2.73. The van der Waals surface area contributed by atoms with Crippen LogP contribution in [0.3, 0.4) is 0 Å². The normalized spacial score (nSPS) is 21.2. The molecular weight excluding hydrogens is 220 g/mol. The van der Waals surface area contributed by atoms with E-state index >= 15 is 0 Å². The van der Waals surface area contributed by atoms with Crippen LogP contribution in [0, 0.1) is 19.8 Å². The number of benzene rings is 1. The first-order valence-corrected chi connectivity index (χ1v) is 7.10. The molecule has 0 spiro atoms. The van der Waals surface area contributed by atoms with Crippen LogP contribution >= 0.6 is 0 Å². The van der Waals surface area contributed by atoms with Crippen molar-refractivity contribution >= 4 is 0 Å². The fourth-order valence-corrected chi connectivity index (χ4v) is 2.77. The number of hydrogen-bond acceptors (Lipinski definition) is 2. The molecule has 0 amide bonds. The van der Waals surface area contributed by atoms with E-state index in [4.69, 9.17) is 0 Å². The highest BCUT2D eigenvalue weighted by Crippen LogP contribution is 2.14. The van der Waals surface area contributed by atoms with Gasteiger partial charge in [-0.15, -0.1) is 0 Å². The third kappa shape index (κ3) is 3.82. The topological polar surface area (TPSA) is 15.3 Å². The van der Waals surface area contributed by atoms with E-state index in [0.29, 0.717) is 0 Å². The lowest BCUT2D eigenvalue weighted by atomic mass is 9.98. The van der Waals surface area contributed by atoms with E-state index in [1.165, 1.54) is 42.6 Å². The van der Waals surface area contributed by atoms with Gasteiger partial charge in [0, 0.05) is 13.1 Å². The van der Waals surface area contributed by atoms with Crippen LogP contribution in [0.4, 0.5) is 0 Å².